The Kier molecular flexibility index (Phi) is 5.20. The van der Waals surface area contributed by atoms with Gasteiger partial charge in [-0.1, -0.05) is 6.07 Å². The molecular weight excluding hydrogens is 244 g/mol. The summed E-state index contributed by atoms with van der Waals surface area (Å²) in [5.41, 5.74) is 3.96. The zero-order chi connectivity index (χ0) is 12.8. The van der Waals surface area contributed by atoms with Gasteiger partial charge >= 0.3 is 0 Å². The van der Waals surface area contributed by atoms with E-state index in [-0.39, 0.29) is 11.8 Å². The Labute approximate surface area is 113 Å². The Bertz CT molecular complexity index is 356. The Morgan fingerprint density at radius 2 is 2.17 bits per heavy atom. The molecule has 0 saturated heterocycles. The SMILES string of the molecule is [NH3+]CC1CCC(C(=O)NCCc2cccs2)CC1. The molecule has 0 spiro atoms. The van der Waals surface area contributed by atoms with Crippen molar-refractivity contribution in [3.8, 4) is 0 Å². The number of hydrogen-bond donors (Lipinski definition) is 2. The quantitative estimate of drug-likeness (QED) is 0.833. The second-order valence-corrected chi connectivity index (χ2v) is 6.16. The van der Waals surface area contributed by atoms with Crippen LogP contribution in [0.1, 0.15) is 30.6 Å². The van der Waals surface area contributed by atoms with Gasteiger partial charge in [0.15, 0.2) is 0 Å². The van der Waals surface area contributed by atoms with Crippen LogP contribution >= 0.6 is 11.3 Å². The highest BCUT2D eigenvalue weighted by molar-refractivity contribution is 7.09. The van der Waals surface area contributed by atoms with Gasteiger partial charge < -0.3 is 11.1 Å². The molecule has 100 valence electrons. The molecule has 1 amide bonds. The van der Waals surface area contributed by atoms with Gasteiger partial charge in [0.05, 0.1) is 6.54 Å². The average Bonchev–Trinajstić information content (AvgIpc) is 2.92. The third-order valence-corrected chi connectivity index (χ3v) is 4.81. The summed E-state index contributed by atoms with van der Waals surface area (Å²) in [5, 5.41) is 5.16. The van der Waals surface area contributed by atoms with E-state index in [4.69, 9.17) is 0 Å². The lowest BCUT2D eigenvalue weighted by molar-refractivity contribution is -0.380. The average molecular weight is 267 g/mol. The molecule has 2 rings (SSSR count). The molecule has 4 N–H and O–H groups in total. The van der Waals surface area contributed by atoms with Gasteiger partial charge in [0.1, 0.15) is 0 Å². The Hall–Kier alpha value is -0.870. The van der Waals surface area contributed by atoms with E-state index in [0.717, 1.165) is 38.3 Å². The van der Waals surface area contributed by atoms with Gasteiger partial charge in [0, 0.05) is 23.3 Å². The molecule has 1 fully saturated rings. The zero-order valence-electron chi connectivity index (χ0n) is 10.9. The number of amides is 1. The molecule has 0 atom stereocenters. The van der Waals surface area contributed by atoms with Gasteiger partial charge in [0.25, 0.3) is 0 Å². The maximum Gasteiger partial charge on any atom is 0.223 e. The molecule has 1 heterocycles. The first-order chi connectivity index (χ1) is 8.79. The maximum absolute atomic E-state index is 12.0. The van der Waals surface area contributed by atoms with E-state index in [0.29, 0.717) is 0 Å². The van der Waals surface area contributed by atoms with Crippen molar-refractivity contribution in [1.29, 1.82) is 0 Å². The van der Waals surface area contributed by atoms with Crippen molar-refractivity contribution in [3.63, 3.8) is 0 Å². The van der Waals surface area contributed by atoms with Gasteiger partial charge in [-0.05, 0) is 43.6 Å². The molecule has 0 unspecified atom stereocenters. The second kappa shape index (κ2) is 6.90. The summed E-state index contributed by atoms with van der Waals surface area (Å²) in [6, 6.07) is 4.18. The highest BCUT2D eigenvalue weighted by Gasteiger charge is 2.25. The zero-order valence-corrected chi connectivity index (χ0v) is 11.7. The minimum absolute atomic E-state index is 0.246. The van der Waals surface area contributed by atoms with E-state index >= 15 is 0 Å². The predicted molar refractivity (Wildman–Crippen MR) is 74.2 cm³/mol. The number of hydrogen-bond acceptors (Lipinski definition) is 2. The van der Waals surface area contributed by atoms with Crippen LogP contribution in [-0.2, 0) is 11.2 Å². The van der Waals surface area contributed by atoms with E-state index in [1.54, 1.807) is 11.3 Å². The molecular formula is C14H23N2OS+. The van der Waals surface area contributed by atoms with Gasteiger partial charge in [-0.25, -0.2) is 0 Å². The van der Waals surface area contributed by atoms with Crippen molar-refractivity contribution in [3.05, 3.63) is 22.4 Å². The summed E-state index contributed by atoms with van der Waals surface area (Å²) >= 11 is 1.76. The maximum atomic E-state index is 12.0. The molecule has 0 aromatic carbocycles. The molecule has 0 aliphatic heterocycles. The van der Waals surface area contributed by atoms with Crippen LogP contribution in [0.5, 0.6) is 0 Å². The number of carbonyl (C=O) groups excluding carboxylic acids is 1. The molecule has 1 aromatic heterocycles. The molecule has 1 saturated carbocycles. The molecule has 4 heteroatoms. The molecule has 1 aromatic rings. The number of rotatable bonds is 5. The van der Waals surface area contributed by atoms with Crippen molar-refractivity contribution >= 4 is 17.2 Å². The van der Waals surface area contributed by atoms with Crippen molar-refractivity contribution in [1.82, 2.24) is 5.32 Å². The normalized spacial score (nSPS) is 23.8. The van der Waals surface area contributed by atoms with Crippen LogP contribution in [0.2, 0.25) is 0 Å². The standard InChI is InChI=1S/C14H22N2OS/c15-10-11-3-5-12(6-4-11)14(17)16-8-7-13-2-1-9-18-13/h1-2,9,11-12H,3-8,10,15H2,(H,16,17)/p+1. The Balaban J connectivity index is 1.66. The molecule has 0 bridgehead atoms. The minimum Gasteiger partial charge on any atom is -0.357 e. The number of nitrogens with one attached hydrogen (secondary N) is 1. The van der Waals surface area contributed by atoms with Gasteiger partial charge in [-0.3, -0.25) is 4.79 Å². The number of quaternary nitrogens is 1. The fraction of sp³-hybridized carbons (Fsp3) is 0.643. The first-order valence-corrected chi connectivity index (χ1v) is 7.77. The van der Waals surface area contributed by atoms with Gasteiger partial charge in [-0.15, -0.1) is 11.3 Å². The van der Waals surface area contributed by atoms with E-state index in [1.807, 2.05) is 0 Å². The first-order valence-electron chi connectivity index (χ1n) is 6.89. The lowest BCUT2D eigenvalue weighted by atomic mass is 9.81. The predicted octanol–water partition coefficient (Wildman–Crippen LogP) is 1.46. The summed E-state index contributed by atoms with van der Waals surface area (Å²) in [6.45, 7) is 1.79. The topological polar surface area (TPSA) is 56.7 Å². The highest BCUT2D eigenvalue weighted by atomic mass is 32.1. The summed E-state index contributed by atoms with van der Waals surface area (Å²) in [7, 11) is 0. The van der Waals surface area contributed by atoms with Crippen LogP contribution < -0.4 is 11.1 Å². The summed E-state index contributed by atoms with van der Waals surface area (Å²) < 4.78 is 0. The fourth-order valence-corrected chi connectivity index (χ4v) is 3.33. The fourth-order valence-electron chi connectivity index (χ4n) is 2.62. The molecule has 0 radical (unpaired) electrons. The molecule has 18 heavy (non-hydrogen) atoms. The molecule has 1 aliphatic carbocycles. The largest absolute Gasteiger partial charge is 0.357 e. The van der Waals surface area contributed by atoms with Gasteiger partial charge in [-0.2, -0.15) is 0 Å². The van der Waals surface area contributed by atoms with Crippen LogP contribution in [0.15, 0.2) is 17.5 Å². The minimum atomic E-state index is 0.246. The Morgan fingerprint density at radius 1 is 1.39 bits per heavy atom. The number of thiophene rings is 1. The molecule has 3 nitrogen and oxygen atoms in total. The van der Waals surface area contributed by atoms with Crippen molar-refractivity contribution < 1.29 is 10.5 Å². The van der Waals surface area contributed by atoms with Crippen molar-refractivity contribution in [2.24, 2.45) is 11.8 Å². The van der Waals surface area contributed by atoms with Crippen LogP contribution in [0.4, 0.5) is 0 Å². The lowest BCUT2D eigenvalue weighted by Gasteiger charge is -2.25. The molecule has 1 aliphatic rings. The lowest BCUT2D eigenvalue weighted by Crippen LogP contribution is -2.54. The second-order valence-electron chi connectivity index (χ2n) is 5.13. The third kappa shape index (κ3) is 3.82. The van der Waals surface area contributed by atoms with E-state index in [9.17, 15) is 4.79 Å². The van der Waals surface area contributed by atoms with Crippen LogP contribution in [0.3, 0.4) is 0 Å². The summed E-state index contributed by atoms with van der Waals surface area (Å²) in [6.07, 6.45) is 5.40. The Morgan fingerprint density at radius 3 is 2.78 bits per heavy atom. The van der Waals surface area contributed by atoms with E-state index in [1.165, 1.54) is 17.7 Å². The third-order valence-electron chi connectivity index (χ3n) is 3.88. The van der Waals surface area contributed by atoms with Gasteiger partial charge in [0.2, 0.25) is 5.91 Å². The van der Waals surface area contributed by atoms with Crippen LogP contribution in [-0.4, -0.2) is 19.0 Å². The number of carbonyl (C=O) groups is 1. The van der Waals surface area contributed by atoms with E-state index in [2.05, 4.69) is 28.6 Å². The van der Waals surface area contributed by atoms with E-state index < -0.39 is 0 Å². The summed E-state index contributed by atoms with van der Waals surface area (Å²) in [5.74, 6) is 1.25. The smallest absolute Gasteiger partial charge is 0.223 e. The van der Waals surface area contributed by atoms with Crippen molar-refractivity contribution in [2.75, 3.05) is 13.1 Å². The first kappa shape index (κ1) is 13.6. The van der Waals surface area contributed by atoms with Crippen LogP contribution in [0.25, 0.3) is 0 Å². The summed E-state index contributed by atoms with van der Waals surface area (Å²) in [4.78, 5) is 13.3. The van der Waals surface area contributed by atoms with Crippen molar-refractivity contribution in [2.45, 2.75) is 32.1 Å². The van der Waals surface area contributed by atoms with Crippen LogP contribution in [0, 0.1) is 11.8 Å². The monoisotopic (exact) mass is 267 g/mol. The highest BCUT2D eigenvalue weighted by Crippen LogP contribution is 2.27.